The minimum Gasteiger partial charge on any atom is -0.444 e. The van der Waals surface area contributed by atoms with E-state index in [0.29, 0.717) is 11.8 Å². The Kier molecular flexibility index (Phi) is 3.49. The normalized spacial score (nSPS) is 13.2. The zero-order chi connectivity index (χ0) is 11.5. The van der Waals surface area contributed by atoms with Gasteiger partial charge in [0.1, 0.15) is 5.58 Å². The van der Waals surface area contributed by atoms with Crippen molar-refractivity contribution in [2.24, 2.45) is 0 Å². The molecule has 4 heteroatoms. The Morgan fingerprint density at radius 2 is 2.19 bits per heavy atom. The van der Waals surface area contributed by atoms with E-state index in [1.54, 1.807) is 0 Å². The van der Waals surface area contributed by atoms with Gasteiger partial charge in [-0.2, -0.15) is 0 Å². The minimum absolute atomic E-state index is 0.0460. The Bertz CT molecular complexity index is 481. The third kappa shape index (κ3) is 2.21. The summed E-state index contributed by atoms with van der Waals surface area (Å²) in [7, 11) is 0. The van der Waals surface area contributed by atoms with Gasteiger partial charge in [-0.05, 0) is 24.6 Å². The molecule has 2 N–H and O–H groups in total. The van der Waals surface area contributed by atoms with Gasteiger partial charge in [-0.25, -0.2) is 0 Å². The van der Waals surface area contributed by atoms with Crippen LogP contribution >= 0.6 is 11.6 Å². The number of nitrogens with one attached hydrogen (secondary N) is 1. The van der Waals surface area contributed by atoms with E-state index in [0.717, 1.165) is 16.5 Å². The first kappa shape index (κ1) is 11.5. The van der Waals surface area contributed by atoms with Crippen molar-refractivity contribution in [3.05, 3.63) is 35.0 Å². The van der Waals surface area contributed by atoms with Crippen molar-refractivity contribution in [2.75, 3.05) is 6.61 Å². The molecule has 0 bridgehead atoms. The van der Waals surface area contributed by atoms with Gasteiger partial charge >= 0.3 is 0 Å². The Balaban J connectivity index is 2.26. The Hall–Kier alpha value is -1.03. The van der Waals surface area contributed by atoms with Crippen LogP contribution < -0.4 is 5.32 Å². The fourth-order valence-electron chi connectivity index (χ4n) is 1.57. The molecule has 1 heterocycles. The molecule has 2 aromatic rings. The minimum atomic E-state index is 0.0460. The van der Waals surface area contributed by atoms with Crippen molar-refractivity contribution < 1.29 is 9.52 Å². The van der Waals surface area contributed by atoms with Gasteiger partial charge in [-0.15, -0.1) is 0 Å². The first-order chi connectivity index (χ1) is 7.72. The van der Waals surface area contributed by atoms with Gasteiger partial charge in [0.25, 0.3) is 0 Å². The molecule has 1 aromatic heterocycles. The van der Waals surface area contributed by atoms with Crippen molar-refractivity contribution in [3.63, 3.8) is 0 Å². The van der Waals surface area contributed by atoms with E-state index in [9.17, 15) is 0 Å². The number of para-hydroxylation sites is 1. The summed E-state index contributed by atoms with van der Waals surface area (Å²) < 4.78 is 5.43. The highest BCUT2D eigenvalue weighted by Crippen LogP contribution is 2.29. The molecule has 2 rings (SSSR count). The molecule has 0 amide bonds. The van der Waals surface area contributed by atoms with E-state index < -0.39 is 0 Å². The average molecular weight is 240 g/mol. The summed E-state index contributed by atoms with van der Waals surface area (Å²) in [4.78, 5) is 0. The summed E-state index contributed by atoms with van der Waals surface area (Å²) in [5, 5.41) is 13.5. The van der Waals surface area contributed by atoms with E-state index in [1.165, 1.54) is 0 Å². The van der Waals surface area contributed by atoms with Crippen molar-refractivity contribution in [2.45, 2.75) is 19.5 Å². The molecule has 0 saturated heterocycles. The zero-order valence-electron chi connectivity index (χ0n) is 9.03. The van der Waals surface area contributed by atoms with Crippen LogP contribution in [0.1, 0.15) is 12.5 Å². The van der Waals surface area contributed by atoms with Crippen LogP contribution in [0.15, 0.2) is 28.7 Å². The van der Waals surface area contributed by atoms with Gasteiger partial charge < -0.3 is 14.8 Å². The number of hydrogen-bond acceptors (Lipinski definition) is 3. The number of aliphatic hydroxyl groups excluding tert-OH is 1. The molecule has 0 radical (unpaired) electrons. The molecule has 0 spiro atoms. The van der Waals surface area contributed by atoms with Crippen LogP contribution in [0.25, 0.3) is 11.0 Å². The highest BCUT2D eigenvalue weighted by atomic mass is 35.5. The van der Waals surface area contributed by atoms with Gasteiger partial charge in [0, 0.05) is 23.5 Å². The molecule has 1 unspecified atom stereocenters. The largest absolute Gasteiger partial charge is 0.444 e. The maximum atomic E-state index is 8.93. The van der Waals surface area contributed by atoms with Crippen molar-refractivity contribution in [3.8, 4) is 0 Å². The maximum absolute atomic E-state index is 8.93. The zero-order valence-corrected chi connectivity index (χ0v) is 9.79. The van der Waals surface area contributed by atoms with Crippen molar-refractivity contribution >= 4 is 22.6 Å². The molecular formula is C12H14ClNO2. The Morgan fingerprint density at radius 3 is 2.94 bits per heavy atom. The SMILES string of the molecule is CC(CO)NCc1c(Cl)oc2ccccc12. The quantitative estimate of drug-likeness (QED) is 0.862. The molecule has 0 aliphatic carbocycles. The number of hydrogen-bond donors (Lipinski definition) is 2. The highest BCUT2D eigenvalue weighted by Gasteiger charge is 2.12. The monoisotopic (exact) mass is 239 g/mol. The maximum Gasteiger partial charge on any atom is 0.199 e. The lowest BCUT2D eigenvalue weighted by atomic mass is 10.1. The number of benzene rings is 1. The fraction of sp³-hybridized carbons (Fsp3) is 0.333. The van der Waals surface area contributed by atoms with Crippen LogP contribution in [0.2, 0.25) is 5.22 Å². The Morgan fingerprint density at radius 1 is 1.44 bits per heavy atom. The van der Waals surface area contributed by atoms with E-state index in [2.05, 4.69) is 5.32 Å². The topological polar surface area (TPSA) is 45.4 Å². The van der Waals surface area contributed by atoms with Crippen LogP contribution in [0.4, 0.5) is 0 Å². The summed E-state index contributed by atoms with van der Waals surface area (Å²) in [5.74, 6) is 0. The molecular weight excluding hydrogens is 226 g/mol. The molecule has 0 saturated carbocycles. The van der Waals surface area contributed by atoms with Gasteiger partial charge in [-0.3, -0.25) is 0 Å². The van der Waals surface area contributed by atoms with Crippen LogP contribution in [0.3, 0.4) is 0 Å². The van der Waals surface area contributed by atoms with E-state index >= 15 is 0 Å². The number of aliphatic hydroxyl groups is 1. The second-order valence-electron chi connectivity index (χ2n) is 3.82. The van der Waals surface area contributed by atoms with Gasteiger partial charge in [0.15, 0.2) is 5.22 Å². The van der Waals surface area contributed by atoms with E-state index in [-0.39, 0.29) is 12.6 Å². The number of halogens is 1. The molecule has 0 fully saturated rings. The average Bonchev–Trinajstić information content (AvgIpc) is 2.62. The Labute approximate surface area is 99.0 Å². The van der Waals surface area contributed by atoms with Crippen LogP contribution in [-0.2, 0) is 6.54 Å². The first-order valence-corrected chi connectivity index (χ1v) is 5.60. The highest BCUT2D eigenvalue weighted by molar-refractivity contribution is 6.30. The third-order valence-electron chi connectivity index (χ3n) is 2.55. The summed E-state index contributed by atoms with van der Waals surface area (Å²) in [5.41, 5.74) is 1.73. The summed E-state index contributed by atoms with van der Waals surface area (Å²) >= 11 is 6.03. The second-order valence-corrected chi connectivity index (χ2v) is 4.16. The molecule has 16 heavy (non-hydrogen) atoms. The molecule has 1 atom stereocenters. The standard InChI is InChI=1S/C12H14ClNO2/c1-8(7-15)14-6-10-9-4-2-3-5-11(9)16-12(10)13/h2-5,8,14-15H,6-7H2,1H3. The lowest BCUT2D eigenvalue weighted by molar-refractivity contribution is 0.251. The number of rotatable bonds is 4. The predicted molar refractivity (Wildman–Crippen MR) is 64.6 cm³/mol. The number of fused-ring (bicyclic) bond motifs is 1. The summed E-state index contributed by atoms with van der Waals surface area (Å²) in [6.45, 7) is 2.61. The van der Waals surface area contributed by atoms with Gasteiger partial charge in [0.05, 0.1) is 6.61 Å². The van der Waals surface area contributed by atoms with E-state index in [4.69, 9.17) is 21.1 Å². The summed E-state index contributed by atoms with van der Waals surface area (Å²) in [6, 6.07) is 7.78. The van der Waals surface area contributed by atoms with Crippen LogP contribution in [-0.4, -0.2) is 17.8 Å². The lowest BCUT2D eigenvalue weighted by Crippen LogP contribution is -2.28. The smallest absolute Gasteiger partial charge is 0.199 e. The summed E-state index contributed by atoms with van der Waals surface area (Å²) in [6.07, 6.45) is 0. The molecule has 3 nitrogen and oxygen atoms in total. The molecule has 1 aromatic carbocycles. The second kappa shape index (κ2) is 4.87. The van der Waals surface area contributed by atoms with Crippen LogP contribution in [0, 0.1) is 0 Å². The number of furan rings is 1. The van der Waals surface area contributed by atoms with Crippen molar-refractivity contribution in [1.29, 1.82) is 0 Å². The molecule has 0 aliphatic heterocycles. The van der Waals surface area contributed by atoms with Crippen LogP contribution in [0.5, 0.6) is 0 Å². The lowest BCUT2D eigenvalue weighted by Gasteiger charge is -2.09. The third-order valence-corrected chi connectivity index (χ3v) is 2.86. The fourth-order valence-corrected chi connectivity index (χ4v) is 1.83. The van der Waals surface area contributed by atoms with Crippen molar-refractivity contribution in [1.82, 2.24) is 5.32 Å². The molecule has 86 valence electrons. The predicted octanol–water partition coefficient (Wildman–Crippen LogP) is 2.56. The van der Waals surface area contributed by atoms with Gasteiger partial charge in [-0.1, -0.05) is 18.2 Å². The van der Waals surface area contributed by atoms with E-state index in [1.807, 2.05) is 31.2 Å². The first-order valence-electron chi connectivity index (χ1n) is 5.22. The molecule has 0 aliphatic rings. The van der Waals surface area contributed by atoms with Gasteiger partial charge in [0.2, 0.25) is 0 Å².